The molecular weight excluding hydrogens is 329 g/mol. The van der Waals surface area contributed by atoms with E-state index in [4.69, 9.17) is 4.74 Å². The minimum atomic E-state index is -3.40. The zero-order chi connectivity index (χ0) is 17.4. The number of hydrogen-bond acceptors (Lipinski definition) is 3. The molecule has 0 amide bonds. The van der Waals surface area contributed by atoms with Gasteiger partial charge in [0.1, 0.15) is 5.82 Å². The number of rotatable bonds is 9. The van der Waals surface area contributed by atoms with Gasteiger partial charge in [-0.1, -0.05) is 31.9 Å². The first-order valence-electron chi connectivity index (χ1n) is 8.85. The molecule has 1 atom stereocenters. The van der Waals surface area contributed by atoms with Gasteiger partial charge in [-0.2, -0.15) is 4.31 Å². The molecule has 0 bridgehead atoms. The quantitative estimate of drug-likeness (QED) is 0.633. The van der Waals surface area contributed by atoms with Crippen LogP contribution in [0.1, 0.15) is 51.0 Å². The average Bonchev–Trinajstić information content (AvgIpc) is 2.56. The minimum absolute atomic E-state index is 0.0420. The van der Waals surface area contributed by atoms with Gasteiger partial charge in [0.05, 0.1) is 11.9 Å². The fourth-order valence-corrected chi connectivity index (χ4v) is 4.62. The maximum atomic E-state index is 13.1. The molecule has 6 heteroatoms. The standard InChI is InChI=1S/C18H28FNO3S/c1-2-3-5-12-20(14-16-8-10-17(19)11-9-16)24(21,22)15-18-7-4-6-13-23-18/h8-11,18H,2-7,12-15H2,1H3. The van der Waals surface area contributed by atoms with E-state index in [0.717, 1.165) is 44.1 Å². The highest BCUT2D eigenvalue weighted by molar-refractivity contribution is 7.89. The molecule has 0 radical (unpaired) electrons. The Bertz CT molecular complexity index is 583. The highest BCUT2D eigenvalue weighted by atomic mass is 32.2. The van der Waals surface area contributed by atoms with Crippen molar-refractivity contribution in [3.05, 3.63) is 35.6 Å². The Morgan fingerprint density at radius 3 is 2.58 bits per heavy atom. The predicted molar refractivity (Wildman–Crippen MR) is 93.7 cm³/mol. The highest BCUT2D eigenvalue weighted by Gasteiger charge is 2.27. The van der Waals surface area contributed by atoms with Crippen LogP contribution in [0.15, 0.2) is 24.3 Å². The molecule has 136 valence electrons. The molecule has 1 aliphatic rings. The Morgan fingerprint density at radius 1 is 1.21 bits per heavy atom. The van der Waals surface area contributed by atoms with Gasteiger partial charge in [0.15, 0.2) is 0 Å². The molecule has 0 aliphatic carbocycles. The fraction of sp³-hybridized carbons (Fsp3) is 0.667. The van der Waals surface area contributed by atoms with Crippen LogP contribution >= 0.6 is 0 Å². The van der Waals surface area contributed by atoms with Crippen LogP contribution in [0.25, 0.3) is 0 Å². The third-order valence-corrected chi connectivity index (χ3v) is 6.24. The van der Waals surface area contributed by atoms with Crippen LogP contribution in [0.4, 0.5) is 4.39 Å². The Labute approximate surface area is 145 Å². The molecule has 24 heavy (non-hydrogen) atoms. The normalized spacial score (nSPS) is 18.9. The first-order chi connectivity index (χ1) is 11.5. The van der Waals surface area contributed by atoms with Gasteiger partial charge in [0, 0.05) is 19.7 Å². The number of unbranched alkanes of at least 4 members (excludes halogenated alkanes) is 2. The Hall–Kier alpha value is -0.980. The van der Waals surface area contributed by atoms with Gasteiger partial charge >= 0.3 is 0 Å². The van der Waals surface area contributed by atoms with Crippen LogP contribution in [-0.4, -0.2) is 37.7 Å². The van der Waals surface area contributed by atoms with E-state index in [2.05, 4.69) is 6.92 Å². The van der Waals surface area contributed by atoms with E-state index in [-0.39, 0.29) is 17.7 Å². The van der Waals surface area contributed by atoms with Crippen molar-refractivity contribution < 1.29 is 17.5 Å². The summed E-state index contributed by atoms with van der Waals surface area (Å²) in [4.78, 5) is 0. The lowest BCUT2D eigenvalue weighted by Gasteiger charge is -2.27. The second kappa shape index (κ2) is 9.49. The number of nitrogens with zero attached hydrogens (tertiary/aromatic N) is 1. The first kappa shape index (κ1) is 19.3. The first-order valence-corrected chi connectivity index (χ1v) is 10.5. The summed E-state index contributed by atoms with van der Waals surface area (Å²) in [7, 11) is -3.40. The van der Waals surface area contributed by atoms with Crippen LogP contribution in [0.5, 0.6) is 0 Å². The van der Waals surface area contributed by atoms with Crippen molar-refractivity contribution in [2.45, 2.75) is 58.1 Å². The smallest absolute Gasteiger partial charge is 0.216 e. The third kappa shape index (κ3) is 6.15. The van der Waals surface area contributed by atoms with E-state index in [0.29, 0.717) is 19.7 Å². The maximum absolute atomic E-state index is 13.1. The number of benzene rings is 1. The van der Waals surface area contributed by atoms with Gasteiger partial charge in [-0.05, 0) is 43.4 Å². The maximum Gasteiger partial charge on any atom is 0.216 e. The lowest BCUT2D eigenvalue weighted by molar-refractivity contribution is 0.0298. The molecule has 0 N–H and O–H groups in total. The summed E-state index contributed by atoms with van der Waals surface area (Å²) >= 11 is 0. The van der Waals surface area contributed by atoms with Gasteiger partial charge < -0.3 is 4.74 Å². The zero-order valence-corrected chi connectivity index (χ0v) is 15.2. The van der Waals surface area contributed by atoms with Crippen molar-refractivity contribution in [3.8, 4) is 0 Å². The van der Waals surface area contributed by atoms with Gasteiger partial charge in [0.25, 0.3) is 0 Å². The van der Waals surface area contributed by atoms with Crippen LogP contribution in [0.3, 0.4) is 0 Å². The molecule has 1 aliphatic heterocycles. The lowest BCUT2D eigenvalue weighted by atomic mass is 10.1. The summed E-state index contributed by atoms with van der Waals surface area (Å²) in [5, 5.41) is 0. The van der Waals surface area contributed by atoms with E-state index in [1.54, 1.807) is 12.1 Å². The van der Waals surface area contributed by atoms with Crippen LogP contribution < -0.4 is 0 Å². The summed E-state index contributed by atoms with van der Waals surface area (Å²) in [6.45, 7) is 3.53. The van der Waals surface area contributed by atoms with E-state index < -0.39 is 10.0 Å². The monoisotopic (exact) mass is 357 g/mol. The SMILES string of the molecule is CCCCCN(Cc1ccc(F)cc1)S(=O)(=O)CC1CCCCO1. The molecule has 1 aromatic rings. The van der Waals surface area contributed by atoms with Crippen molar-refractivity contribution in [2.75, 3.05) is 18.9 Å². The molecule has 4 nitrogen and oxygen atoms in total. The van der Waals surface area contributed by atoms with E-state index in [1.165, 1.54) is 16.4 Å². The summed E-state index contributed by atoms with van der Waals surface area (Å²) in [5.41, 5.74) is 0.807. The Morgan fingerprint density at radius 2 is 1.96 bits per heavy atom. The topological polar surface area (TPSA) is 46.6 Å². The molecule has 0 spiro atoms. The Balaban J connectivity index is 2.05. The summed E-state index contributed by atoms with van der Waals surface area (Å²) in [5.74, 6) is -0.268. The van der Waals surface area contributed by atoms with Gasteiger partial charge in [-0.25, -0.2) is 12.8 Å². The van der Waals surface area contributed by atoms with Gasteiger partial charge in [-0.3, -0.25) is 0 Å². The lowest BCUT2D eigenvalue weighted by Crippen LogP contribution is -2.38. The molecule has 1 heterocycles. The van der Waals surface area contributed by atoms with Crippen molar-refractivity contribution in [2.24, 2.45) is 0 Å². The number of hydrogen-bond donors (Lipinski definition) is 0. The molecule has 1 saturated heterocycles. The van der Waals surface area contributed by atoms with E-state index in [9.17, 15) is 12.8 Å². The summed E-state index contributed by atoms with van der Waals surface area (Å²) in [6, 6.07) is 6.04. The molecule has 0 saturated carbocycles. The number of halogens is 1. The molecule has 2 rings (SSSR count). The van der Waals surface area contributed by atoms with Crippen LogP contribution in [-0.2, 0) is 21.3 Å². The largest absolute Gasteiger partial charge is 0.377 e. The zero-order valence-electron chi connectivity index (χ0n) is 14.4. The van der Waals surface area contributed by atoms with Crippen molar-refractivity contribution in [1.29, 1.82) is 0 Å². The Kier molecular flexibility index (Phi) is 7.65. The van der Waals surface area contributed by atoms with E-state index in [1.807, 2.05) is 0 Å². The molecule has 1 fully saturated rings. The average molecular weight is 357 g/mol. The minimum Gasteiger partial charge on any atom is -0.377 e. The summed E-state index contributed by atoms with van der Waals surface area (Å²) < 4.78 is 45.9. The van der Waals surface area contributed by atoms with Crippen molar-refractivity contribution in [1.82, 2.24) is 4.31 Å². The third-order valence-electron chi connectivity index (χ3n) is 4.35. The molecule has 1 unspecified atom stereocenters. The molecular formula is C18H28FNO3S. The molecule has 0 aromatic heterocycles. The highest BCUT2D eigenvalue weighted by Crippen LogP contribution is 2.19. The second-order valence-corrected chi connectivity index (χ2v) is 8.45. The predicted octanol–water partition coefficient (Wildman–Crippen LogP) is 3.72. The van der Waals surface area contributed by atoms with Crippen LogP contribution in [0.2, 0.25) is 0 Å². The van der Waals surface area contributed by atoms with E-state index >= 15 is 0 Å². The van der Waals surface area contributed by atoms with Crippen molar-refractivity contribution in [3.63, 3.8) is 0 Å². The second-order valence-electron chi connectivity index (χ2n) is 6.43. The van der Waals surface area contributed by atoms with Crippen LogP contribution in [0, 0.1) is 5.82 Å². The fourth-order valence-electron chi connectivity index (χ4n) is 2.93. The number of sulfonamides is 1. The van der Waals surface area contributed by atoms with Gasteiger partial charge in [-0.15, -0.1) is 0 Å². The van der Waals surface area contributed by atoms with Crippen molar-refractivity contribution >= 4 is 10.0 Å². The summed E-state index contributed by atoms with van der Waals surface area (Å²) in [6.07, 6.45) is 5.50. The molecule has 1 aromatic carbocycles. The number of ether oxygens (including phenoxy) is 1. The van der Waals surface area contributed by atoms with Gasteiger partial charge in [0.2, 0.25) is 10.0 Å².